The SMILES string of the molecule is CC(Oc1ccc(N2CCN(CCC3CCNCC3)CC2)cc1)C(=O)O. The van der Waals surface area contributed by atoms with Gasteiger partial charge in [0.25, 0.3) is 0 Å². The van der Waals surface area contributed by atoms with Crippen LogP contribution in [0.2, 0.25) is 0 Å². The Kier molecular flexibility index (Phi) is 6.74. The molecule has 1 unspecified atom stereocenters. The topological polar surface area (TPSA) is 65.0 Å². The second-order valence-electron chi connectivity index (χ2n) is 7.40. The highest BCUT2D eigenvalue weighted by atomic mass is 16.5. The van der Waals surface area contributed by atoms with Gasteiger partial charge in [-0.25, -0.2) is 4.79 Å². The van der Waals surface area contributed by atoms with Gasteiger partial charge < -0.3 is 20.1 Å². The number of anilines is 1. The molecule has 144 valence electrons. The van der Waals surface area contributed by atoms with Crippen molar-refractivity contribution in [1.29, 1.82) is 0 Å². The van der Waals surface area contributed by atoms with Gasteiger partial charge in [0.2, 0.25) is 0 Å². The molecule has 6 nitrogen and oxygen atoms in total. The Bertz CT molecular complexity index is 564. The van der Waals surface area contributed by atoms with Crippen molar-refractivity contribution in [1.82, 2.24) is 10.2 Å². The van der Waals surface area contributed by atoms with Crippen LogP contribution in [-0.4, -0.2) is 67.9 Å². The number of carbonyl (C=O) groups is 1. The Labute approximate surface area is 156 Å². The first kappa shape index (κ1) is 19.0. The molecule has 0 saturated carbocycles. The van der Waals surface area contributed by atoms with E-state index >= 15 is 0 Å². The number of carboxylic acids is 1. The minimum atomic E-state index is -0.949. The monoisotopic (exact) mass is 361 g/mol. The largest absolute Gasteiger partial charge is 0.479 e. The summed E-state index contributed by atoms with van der Waals surface area (Å²) >= 11 is 0. The molecule has 2 fully saturated rings. The van der Waals surface area contributed by atoms with E-state index in [4.69, 9.17) is 9.84 Å². The fourth-order valence-corrected chi connectivity index (χ4v) is 3.76. The molecule has 0 spiro atoms. The zero-order valence-electron chi connectivity index (χ0n) is 15.7. The Morgan fingerprint density at radius 2 is 1.85 bits per heavy atom. The number of nitrogens with zero attached hydrogens (tertiary/aromatic N) is 2. The van der Waals surface area contributed by atoms with Crippen molar-refractivity contribution in [3.63, 3.8) is 0 Å². The maximum atomic E-state index is 10.9. The summed E-state index contributed by atoms with van der Waals surface area (Å²) in [5.74, 6) is 0.550. The highest BCUT2D eigenvalue weighted by Crippen LogP contribution is 2.22. The summed E-state index contributed by atoms with van der Waals surface area (Å²) in [6, 6.07) is 7.76. The molecule has 0 bridgehead atoms. The average molecular weight is 361 g/mol. The van der Waals surface area contributed by atoms with Gasteiger partial charge in [-0.15, -0.1) is 0 Å². The van der Waals surface area contributed by atoms with Crippen LogP contribution in [0.4, 0.5) is 5.69 Å². The smallest absolute Gasteiger partial charge is 0.344 e. The zero-order valence-corrected chi connectivity index (χ0v) is 15.7. The lowest BCUT2D eigenvalue weighted by Crippen LogP contribution is -2.47. The van der Waals surface area contributed by atoms with Crippen molar-refractivity contribution in [3.8, 4) is 5.75 Å². The first-order valence-corrected chi connectivity index (χ1v) is 9.79. The van der Waals surface area contributed by atoms with Crippen LogP contribution >= 0.6 is 0 Å². The molecule has 0 aromatic heterocycles. The van der Waals surface area contributed by atoms with Gasteiger partial charge in [-0.1, -0.05) is 0 Å². The summed E-state index contributed by atoms with van der Waals surface area (Å²) in [6.07, 6.45) is 3.16. The molecule has 2 aliphatic heterocycles. The van der Waals surface area contributed by atoms with Gasteiger partial charge in [-0.3, -0.25) is 4.90 Å². The fourth-order valence-electron chi connectivity index (χ4n) is 3.76. The first-order chi connectivity index (χ1) is 12.6. The van der Waals surface area contributed by atoms with Gasteiger partial charge in [0, 0.05) is 31.9 Å². The number of rotatable bonds is 7. The standard InChI is InChI=1S/C20H31N3O3/c1-16(20(24)25)26-19-4-2-18(3-5-19)23-14-12-22(13-15-23)11-8-17-6-9-21-10-7-17/h2-5,16-17,21H,6-15H2,1H3,(H,24,25). The van der Waals surface area contributed by atoms with E-state index in [2.05, 4.69) is 15.1 Å². The van der Waals surface area contributed by atoms with E-state index in [0.29, 0.717) is 5.75 Å². The zero-order chi connectivity index (χ0) is 18.4. The van der Waals surface area contributed by atoms with E-state index in [1.165, 1.54) is 44.6 Å². The second kappa shape index (κ2) is 9.24. The van der Waals surface area contributed by atoms with E-state index < -0.39 is 12.1 Å². The van der Waals surface area contributed by atoms with E-state index in [-0.39, 0.29) is 0 Å². The van der Waals surface area contributed by atoms with Crippen molar-refractivity contribution >= 4 is 11.7 Å². The molecule has 26 heavy (non-hydrogen) atoms. The van der Waals surface area contributed by atoms with Gasteiger partial charge >= 0.3 is 5.97 Å². The lowest BCUT2D eigenvalue weighted by molar-refractivity contribution is -0.144. The summed E-state index contributed by atoms with van der Waals surface area (Å²) in [5, 5.41) is 12.4. The maximum absolute atomic E-state index is 10.9. The Morgan fingerprint density at radius 3 is 2.46 bits per heavy atom. The molecule has 0 aliphatic carbocycles. The lowest BCUT2D eigenvalue weighted by atomic mass is 9.94. The summed E-state index contributed by atoms with van der Waals surface area (Å²) in [4.78, 5) is 15.8. The maximum Gasteiger partial charge on any atom is 0.344 e. The Balaban J connectivity index is 1.42. The Morgan fingerprint density at radius 1 is 1.19 bits per heavy atom. The number of benzene rings is 1. The molecular weight excluding hydrogens is 330 g/mol. The molecule has 0 radical (unpaired) electrons. The second-order valence-corrected chi connectivity index (χ2v) is 7.40. The van der Waals surface area contributed by atoms with Crippen LogP contribution in [-0.2, 0) is 4.79 Å². The predicted octanol–water partition coefficient (Wildman–Crippen LogP) is 2.05. The normalized spacial score (nSPS) is 20.7. The number of aliphatic carboxylic acids is 1. The molecule has 1 atom stereocenters. The number of ether oxygens (including phenoxy) is 1. The number of hydrogen-bond acceptors (Lipinski definition) is 5. The van der Waals surface area contributed by atoms with Crippen LogP contribution in [0.1, 0.15) is 26.2 Å². The van der Waals surface area contributed by atoms with Crippen LogP contribution in [0.3, 0.4) is 0 Å². The van der Waals surface area contributed by atoms with E-state index in [9.17, 15) is 4.79 Å². The molecule has 2 saturated heterocycles. The van der Waals surface area contributed by atoms with Crippen molar-refractivity contribution in [2.75, 3.05) is 50.7 Å². The van der Waals surface area contributed by atoms with E-state index in [1.807, 2.05) is 24.3 Å². The van der Waals surface area contributed by atoms with Gasteiger partial charge in [0.1, 0.15) is 5.75 Å². The quantitative estimate of drug-likeness (QED) is 0.775. The molecule has 1 aromatic carbocycles. The highest BCUT2D eigenvalue weighted by molar-refractivity contribution is 5.72. The van der Waals surface area contributed by atoms with Crippen molar-refractivity contribution in [2.24, 2.45) is 5.92 Å². The molecule has 2 aliphatic rings. The van der Waals surface area contributed by atoms with Crippen LogP contribution in [0.5, 0.6) is 5.75 Å². The van der Waals surface area contributed by atoms with Gasteiger partial charge in [-0.05, 0) is 76.0 Å². The van der Waals surface area contributed by atoms with Crippen LogP contribution in [0, 0.1) is 5.92 Å². The summed E-state index contributed by atoms with van der Waals surface area (Å²) < 4.78 is 5.39. The summed E-state index contributed by atoms with van der Waals surface area (Å²) in [7, 11) is 0. The summed E-state index contributed by atoms with van der Waals surface area (Å²) in [5.41, 5.74) is 1.18. The van der Waals surface area contributed by atoms with E-state index in [0.717, 1.165) is 32.1 Å². The van der Waals surface area contributed by atoms with Crippen molar-refractivity contribution in [3.05, 3.63) is 24.3 Å². The van der Waals surface area contributed by atoms with Gasteiger partial charge in [-0.2, -0.15) is 0 Å². The Hall–Kier alpha value is -1.79. The first-order valence-electron chi connectivity index (χ1n) is 9.79. The highest BCUT2D eigenvalue weighted by Gasteiger charge is 2.20. The molecule has 2 heterocycles. The third-order valence-electron chi connectivity index (χ3n) is 5.55. The van der Waals surface area contributed by atoms with Crippen molar-refractivity contribution < 1.29 is 14.6 Å². The van der Waals surface area contributed by atoms with Crippen LogP contribution in [0.25, 0.3) is 0 Å². The van der Waals surface area contributed by atoms with Gasteiger partial charge in [0.15, 0.2) is 6.10 Å². The predicted molar refractivity (Wildman–Crippen MR) is 103 cm³/mol. The van der Waals surface area contributed by atoms with Gasteiger partial charge in [0.05, 0.1) is 0 Å². The number of piperidine rings is 1. The summed E-state index contributed by atoms with van der Waals surface area (Å²) in [6.45, 7) is 9.43. The minimum absolute atomic E-state index is 0.601. The fraction of sp³-hybridized carbons (Fsp3) is 0.650. The van der Waals surface area contributed by atoms with E-state index in [1.54, 1.807) is 6.92 Å². The van der Waals surface area contributed by atoms with Crippen LogP contribution in [0.15, 0.2) is 24.3 Å². The number of hydrogen-bond donors (Lipinski definition) is 2. The third-order valence-corrected chi connectivity index (χ3v) is 5.55. The molecular formula is C20H31N3O3. The van der Waals surface area contributed by atoms with Crippen molar-refractivity contribution in [2.45, 2.75) is 32.3 Å². The number of nitrogens with one attached hydrogen (secondary N) is 1. The lowest BCUT2D eigenvalue weighted by Gasteiger charge is -2.37. The molecule has 3 rings (SSSR count). The molecule has 2 N–H and O–H groups in total. The van der Waals surface area contributed by atoms with Crippen LogP contribution < -0.4 is 15.0 Å². The molecule has 1 aromatic rings. The molecule has 0 amide bonds. The average Bonchev–Trinajstić information content (AvgIpc) is 2.68. The number of carboxylic acid groups (broad SMARTS) is 1. The number of piperazine rings is 1. The minimum Gasteiger partial charge on any atom is -0.479 e. The molecule has 6 heteroatoms. The third kappa shape index (κ3) is 5.35.